The summed E-state index contributed by atoms with van der Waals surface area (Å²) in [5.41, 5.74) is -1.11. The second kappa shape index (κ2) is 3.96. The molecular weight excluding hydrogens is 219 g/mol. The van der Waals surface area contributed by atoms with E-state index in [1.165, 1.54) is 0 Å². The van der Waals surface area contributed by atoms with Gasteiger partial charge in [0, 0.05) is 11.8 Å². The topological polar surface area (TPSA) is 26.3 Å². The molecule has 98 valence electrons. The molecule has 5 unspecified atom stereocenters. The lowest BCUT2D eigenvalue weighted by molar-refractivity contribution is -0.186. The van der Waals surface area contributed by atoms with Gasteiger partial charge in [-0.05, 0) is 37.5 Å². The zero-order valence-electron chi connectivity index (χ0n) is 11.2. The maximum absolute atomic E-state index is 14.5. The molecule has 3 fully saturated rings. The number of hydrogen-bond acceptors (Lipinski definition) is 2. The third-order valence-corrected chi connectivity index (χ3v) is 4.75. The highest BCUT2D eigenvalue weighted by Gasteiger charge is 2.58. The molecule has 3 aliphatic carbocycles. The van der Waals surface area contributed by atoms with Crippen LogP contribution in [0.25, 0.3) is 0 Å². The van der Waals surface area contributed by atoms with Gasteiger partial charge in [-0.25, -0.2) is 4.39 Å². The number of carbonyl (C=O) groups is 1. The number of hydrogen-bond donors (Lipinski definition) is 0. The van der Waals surface area contributed by atoms with E-state index in [0.717, 1.165) is 12.8 Å². The van der Waals surface area contributed by atoms with E-state index in [1.807, 2.05) is 0 Å². The molecule has 0 spiro atoms. The first-order valence-corrected chi connectivity index (χ1v) is 6.55. The Balaban J connectivity index is 2.32. The molecule has 3 saturated carbocycles. The molecule has 2 nitrogen and oxygen atoms in total. The van der Waals surface area contributed by atoms with Gasteiger partial charge in [0.1, 0.15) is 11.8 Å². The van der Waals surface area contributed by atoms with E-state index in [4.69, 9.17) is 4.74 Å². The Bertz CT molecular complexity index is 306. The normalized spacial score (nSPS) is 45.7. The number of rotatable bonds is 2. The number of fused-ring (bicyclic) bond motifs is 3. The molecule has 17 heavy (non-hydrogen) atoms. The summed E-state index contributed by atoms with van der Waals surface area (Å²) in [4.78, 5) is 10.7. The minimum atomic E-state index is -1.17. The van der Waals surface area contributed by atoms with Crippen LogP contribution in [0.5, 0.6) is 0 Å². The summed E-state index contributed by atoms with van der Waals surface area (Å²) in [7, 11) is 0. The van der Waals surface area contributed by atoms with Crippen LogP contribution in [0.15, 0.2) is 0 Å². The van der Waals surface area contributed by atoms with Crippen LogP contribution >= 0.6 is 0 Å². The first kappa shape index (κ1) is 12.8. The van der Waals surface area contributed by atoms with Crippen molar-refractivity contribution in [3.8, 4) is 0 Å². The van der Waals surface area contributed by atoms with Crippen LogP contribution in [0.1, 0.15) is 47.0 Å². The Hall–Kier alpha value is -0.600. The van der Waals surface area contributed by atoms with Crippen molar-refractivity contribution in [2.24, 2.45) is 23.2 Å². The van der Waals surface area contributed by atoms with Crippen molar-refractivity contribution in [2.45, 2.75) is 58.7 Å². The fourth-order valence-electron chi connectivity index (χ4n) is 4.24. The third kappa shape index (κ3) is 2.09. The Morgan fingerprint density at radius 2 is 2.00 bits per heavy atom. The number of halogens is 1. The van der Waals surface area contributed by atoms with Gasteiger partial charge in [-0.2, -0.15) is 0 Å². The van der Waals surface area contributed by atoms with Crippen molar-refractivity contribution < 1.29 is 13.9 Å². The van der Waals surface area contributed by atoms with Gasteiger partial charge < -0.3 is 4.74 Å². The zero-order chi connectivity index (χ0) is 12.8. The summed E-state index contributed by atoms with van der Waals surface area (Å²) in [6.07, 6.45) is 2.31. The Kier molecular flexibility index (Phi) is 2.99. The first-order chi connectivity index (χ1) is 7.77. The maximum Gasteiger partial charge on any atom is 0.293 e. The molecule has 2 bridgehead atoms. The highest BCUT2D eigenvalue weighted by molar-refractivity contribution is 5.38. The van der Waals surface area contributed by atoms with Crippen LogP contribution in [0.2, 0.25) is 0 Å². The molecule has 3 rings (SSSR count). The van der Waals surface area contributed by atoms with E-state index in [0.29, 0.717) is 18.8 Å². The highest BCUT2D eigenvalue weighted by Crippen LogP contribution is 2.57. The van der Waals surface area contributed by atoms with Crippen LogP contribution in [-0.2, 0) is 9.53 Å². The van der Waals surface area contributed by atoms with Crippen LogP contribution in [0.4, 0.5) is 4.39 Å². The molecule has 3 heteroatoms. The number of ether oxygens (including phenoxy) is 1. The zero-order valence-corrected chi connectivity index (χ0v) is 11.2. The summed E-state index contributed by atoms with van der Waals surface area (Å²) >= 11 is 0. The molecule has 0 aromatic carbocycles. The van der Waals surface area contributed by atoms with Crippen molar-refractivity contribution >= 4 is 6.47 Å². The van der Waals surface area contributed by atoms with E-state index in [-0.39, 0.29) is 23.4 Å². The monoisotopic (exact) mass is 242 g/mol. The maximum atomic E-state index is 14.5. The second-order valence-electron chi connectivity index (χ2n) is 7.01. The predicted molar refractivity (Wildman–Crippen MR) is 64.2 cm³/mol. The summed E-state index contributed by atoms with van der Waals surface area (Å²) in [6, 6.07) is 0. The van der Waals surface area contributed by atoms with Crippen LogP contribution in [-0.4, -0.2) is 18.2 Å². The van der Waals surface area contributed by atoms with E-state index >= 15 is 0 Å². The van der Waals surface area contributed by atoms with E-state index in [2.05, 4.69) is 20.8 Å². The molecule has 0 aromatic rings. The van der Waals surface area contributed by atoms with Gasteiger partial charge in [-0.3, -0.25) is 4.79 Å². The highest BCUT2D eigenvalue weighted by atomic mass is 19.1. The minimum Gasteiger partial charge on any atom is -0.464 e. The molecule has 0 radical (unpaired) electrons. The van der Waals surface area contributed by atoms with Gasteiger partial charge >= 0.3 is 0 Å². The van der Waals surface area contributed by atoms with Crippen molar-refractivity contribution in [1.29, 1.82) is 0 Å². The van der Waals surface area contributed by atoms with Gasteiger partial charge in [-0.15, -0.1) is 0 Å². The number of carbonyl (C=O) groups excluding carboxylic acids is 1. The summed E-state index contributed by atoms with van der Waals surface area (Å²) in [5, 5.41) is 0. The fourth-order valence-corrected chi connectivity index (χ4v) is 4.24. The van der Waals surface area contributed by atoms with Crippen LogP contribution in [0, 0.1) is 23.2 Å². The van der Waals surface area contributed by atoms with Gasteiger partial charge in [0.15, 0.2) is 0 Å². The number of alkyl halides is 1. The second-order valence-corrected chi connectivity index (χ2v) is 7.01. The van der Waals surface area contributed by atoms with E-state index in [9.17, 15) is 9.18 Å². The summed E-state index contributed by atoms with van der Waals surface area (Å²) < 4.78 is 19.8. The lowest BCUT2D eigenvalue weighted by Gasteiger charge is -2.56. The summed E-state index contributed by atoms with van der Waals surface area (Å²) in [5.74, 6) is 0.511. The molecular formula is C14H23FO2. The largest absolute Gasteiger partial charge is 0.464 e. The van der Waals surface area contributed by atoms with Crippen molar-refractivity contribution in [2.75, 3.05) is 0 Å². The average Bonchev–Trinajstić information content (AvgIpc) is 2.14. The molecule has 0 N–H and O–H groups in total. The molecule has 0 amide bonds. The average molecular weight is 242 g/mol. The van der Waals surface area contributed by atoms with Gasteiger partial charge in [-0.1, -0.05) is 20.8 Å². The molecule has 0 aromatic heterocycles. The van der Waals surface area contributed by atoms with Crippen LogP contribution in [0.3, 0.4) is 0 Å². The lowest BCUT2D eigenvalue weighted by Crippen LogP contribution is -2.59. The van der Waals surface area contributed by atoms with Gasteiger partial charge in [0.25, 0.3) is 6.47 Å². The molecule has 0 aliphatic heterocycles. The van der Waals surface area contributed by atoms with E-state index in [1.54, 1.807) is 6.92 Å². The molecule has 3 aliphatic rings. The van der Waals surface area contributed by atoms with Crippen LogP contribution < -0.4 is 0 Å². The van der Waals surface area contributed by atoms with E-state index < -0.39 is 5.67 Å². The van der Waals surface area contributed by atoms with Crippen molar-refractivity contribution in [1.82, 2.24) is 0 Å². The Morgan fingerprint density at radius 3 is 2.47 bits per heavy atom. The Morgan fingerprint density at radius 1 is 1.35 bits per heavy atom. The van der Waals surface area contributed by atoms with Gasteiger partial charge in [0.2, 0.25) is 0 Å². The van der Waals surface area contributed by atoms with Gasteiger partial charge in [0.05, 0.1) is 0 Å². The standard InChI is InChI=1S/C14H23FO2/c1-13(2,3)11-9-5-6-10(12(11)17-8-16)14(4,15)7-9/h8-12H,5-7H2,1-4H3. The SMILES string of the molecule is CC(C)(C)C1C2CCC(C1OC=O)C(C)(F)C2. The molecule has 0 heterocycles. The Labute approximate surface area is 103 Å². The minimum absolute atomic E-state index is 0.0630. The smallest absolute Gasteiger partial charge is 0.293 e. The third-order valence-electron chi connectivity index (χ3n) is 4.75. The summed E-state index contributed by atoms with van der Waals surface area (Å²) in [6.45, 7) is 8.66. The quantitative estimate of drug-likeness (QED) is 0.694. The fraction of sp³-hybridized carbons (Fsp3) is 0.929. The molecule has 0 saturated heterocycles. The predicted octanol–water partition coefficient (Wildman–Crippen LogP) is 3.35. The first-order valence-electron chi connectivity index (χ1n) is 6.55. The van der Waals surface area contributed by atoms with Crippen molar-refractivity contribution in [3.05, 3.63) is 0 Å². The lowest BCUT2D eigenvalue weighted by atomic mass is 9.52. The van der Waals surface area contributed by atoms with Crippen molar-refractivity contribution in [3.63, 3.8) is 0 Å². The molecule has 5 atom stereocenters.